The van der Waals surface area contributed by atoms with Crippen molar-refractivity contribution in [1.82, 2.24) is 5.32 Å². The second-order valence-corrected chi connectivity index (χ2v) is 11.1. The summed E-state index contributed by atoms with van der Waals surface area (Å²) in [5.74, 6) is -0.0378. The van der Waals surface area contributed by atoms with E-state index in [4.69, 9.17) is 0 Å². The summed E-state index contributed by atoms with van der Waals surface area (Å²) in [7, 11) is -13.4. The fraction of sp³-hybridized carbons (Fsp3) is 0.550. The molecule has 0 saturated heterocycles. The Balaban J connectivity index is 0.000000723. The van der Waals surface area contributed by atoms with E-state index in [-0.39, 0.29) is 5.91 Å². The fourth-order valence-electron chi connectivity index (χ4n) is 2.79. The van der Waals surface area contributed by atoms with Crippen LogP contribution in [0, 0.1) is 0 Å². The zero-order valence-electron chi connectivity index (χ0n) is 19.9. The molecule has 0 bridgehead atoms. The highest BCUT2D eigenvalue weighted by Gasteiger charge is 2.46. The molecule has 0 heterocycles. The molecule has 0 aromatic heterocycles. The molecule has 0 saturated carbocycles. The quantitative estimate of drug-likeness (QED) is 0.186. The Morgan fingerprint density at radius 2 is 1.39 bits per heavy atom. The molecule has 1 aromatic carbocycles. The van der Waals surface area contributed by atoms with Gasteiger partial charge in [-0.05, 0) is 20.8 Å². The maximum Gasteiger partial charge on any atom is 0.480 e. The van der Waals surface area contributed by atoms with Crippen molar-refractivity contribution in [1.29, 1.82) is 0 Å². The van der Waals surface area contributed by atoms with Gasteiger partial charge in [0.2, 0.25) is 5.91 Å². The number of nitrogens with one attached hydrogen (secondary N) is 1. The van der Waals surface area contributed by atoms with Crippen molar-refractivity contribution in [2.75, 3.05) is 26.2 Å². The smallest absolute Gasteiger partial charge is 0.421 e. The molecule has 0 fully saturated rings. The van der Waals surface area contributed by atoms with Crippen molar-refractivity contribution in [3.8, 4) is 0 Å². The largest absolute Gasteiger partial charge is 0.480 e. The molecule has 0 atom stereocenters. The molecule has 1 rings (SSSR count). The molecular weight excluding hydrogens is 540 g/mol. The molecule has 0 radical (unpaired) electrons. The van der Waals surface area contributed by atoms with E-state index in [1.54, 1.807) is 6.92 Å². The van der Waals surface area contributed by atoms with Crippen molar-refractivity contribution in [2.24, 2.45) is 0 Å². The van der Waals surface area contributed by atoms with Gasteiger partial charge in [0.1, 0.15) is 6.54 Å². The minimum Gasteiger partial charge on any atom is -0.421 e. The molecule has 0 aliphatic heterocycles. The van der Waals surface area contributed by atoms with E-state index >= 15 is 0 Å². The Bertz CT molecular complexity index is 1030. The molecule has 16 heteroatoms. The number of quaternary nitrogens is 1. The van der Waals surface area contributed by atoms with E-state index in [0.717, 1.165) is 47.8 Å². The third-order valence-electron chi connectivity index (χ3n) is 4.97. The van der Waals surface area contributed by atoms with Gasteiger partial charge in [0.25, 0.3) is 0 Å². The monoisotopic (exact) mass is 569 g/mol. The van der Waals surface area contributed by atoms with Crippen LogP contribution in [0.25, 0.3) is 4.13 Å². The summed E-state index contributed by atoms with van der Waals surface area (Å²) < 4.78 is 110. The van der Waals surface area contributed by atoms with Gasteiger partial charge in [-0.25, -0.2) is 16.8 Å². The number of carbonyl (C=O) groups excluding carboxylic acids is 1. The summed E-state index contributed by atoms with van der Waals surface area (Å²) in [5, 5.41) is 2.92. The highest BCUT2D eigenvalue weighted by Crippen LogP contribution is 2.36. The molecule has 1 amide bonds. The maximum absolute atomic E-state index is 11.5. The van der Waals surface area contributed by atoms with Crippen molar-refractivity contribution in [3.63, 3.8) is 0 Å². The number of halogens is 6. The van der Waals surface area contributed by atoms with Crippen LogP contribution in [0.3, 0.4) is 0 Å². The minimum atomic E-state index is -6.72. The van der Waals surface area contributed by atoms with Crippen LogP contribution in [0.1, 0.15) is 32.8 Å². The fourth-order valence-corrected chi connectivity index (χ4v) is 4.50. The predicted octanol–water partition coefficient (Wildman–Crippen LogP) is 4.18. The first-order chi connectivity index (χ1) is 16.2. The van der Waals surface area contributed by atoms with E-state index in [0.29, 0.717) is 5.57 Å². The third kappa shape index (κ3) is 10.8. The zero-order chi connectivity index (χ0) is 28.4. The van der Waals surface area contributed by atoms with Gasteiger partial charge in [-0.15, -0.1) is 0 Å². The van der Waals surface area contributed by atoms with Crippen LogP contribution < -0.4 is 5.32 Å². The van der Waals surface area contributed by atoms with E-state index in [1.165, 1.54) is 5.56 Å². The highest BCUT2D eigenvalue weighted by molar-refractivity contribution is 8.13. The SMILES string of the molecule is C=C(C)C(=O)NCCC[N+](CC)(CC)Cc1ccccc1.O=S(=O)([N-]S(=O)(=O)C(F)(F)F)C(F)(F)F. The molecular formula is C20H29F6N3O5S2. The molecule has 1 N–H and O–H groups in total. The summed E-state index contributed by atoms with van der Waals surface area (Å²) in [6, 6.07) is 10.6. The lowest BCUT2D eigenvalue weighted by atomic mass is 10.1. The lowest BCUT2D eigenvalue weighted by Crippen LogP contribution is -2.48. The van der Waals surface area contributed by atoms with Gasteiger partial charge in [-0.1, -0.05) is 36.9 Å². The van der Waals surface area contributed by atoms with Crippen LogP contribution in [-0.4, -0.2) is 64.4 Å². The minimum absolute atomic E-state index is 0.0378. The van der Waals surface area contributed by atoms with Crippen LogP contribution in [0.4, 0.5) is 26.3 Å². The van der Waals surface area contributed by atoms with Crippen LogP contribution in [-0.2, 0) is 31.4 Å². The van der Waals surface area contributed by atoms with E-state index in [1.807, 2.05) is 0 Å². The standard InChI is InChI=1S/C18H28N2O.C2F6NO4S2/c1-5-20(6-2,15-17-11-8-7-9-12-17)14-10-13-19-18(21)16(3)4;3-1(4,5)14(10,11)9-15(12,13)2(6,7)8/h7-9,11-12H,3,5-6,10,13-15H2,1-2,4H3;/q;-1/p+1. The molecule has 0 spiro atoms. The Labute approximate surface area is 207 Å². The van der Waals surface area contributed by atoms with Gasteiger partial charge < -0.3 is 13.9 Å². The number of hydrogen-bond acceptors (Lipinski definition) is 5. The molecule has 208 valence electrons. The summed E-state index contributed by atoms with van der Waals surface area (Å²) in [4.78, 5) is 11.5. The topological polar surface area (TPSA) is 111 Å². The van der Waals surface area contributed by atoms with Gasteiger partial charge in [-0.2, -0.15) is 26.3 Å². The summed E-state index contributed by atoms with van der Waals surface area (Å²) in [5.41, 5.74) is -10.4. The maximum atomic E-state index is 11.5. The van der Waals surface area contributed by atoms with Crippen molar-refractivity contribution in [3.05, 3.63) is 52.2 Å². The molecule has 0 aliphatic carbocycles. The van der Waals surface area contributed by atoms with Gasteiger partial charge >= 0.3 is 11.0 Å². The first-order valence-corrected chi connectivity index (χ1v) is 13.3. The average molecular weight is 570 g/mol. The number of sulfonamides is 2. The van der Waals surface area contributed by atoms with Gasteiger partial charge in [0, 0.05) is 24.1 Å². The van der Waals surface area contributed by atoms with Gasteiger partial charge in [0.05, 0.1) is 19.6 Å². The second kappa shape index (κ2) is 13.4. The van der Waals surface area contributed by atoms with Crippen molar-refractivity contribution < 1.29 is 52.5 Å². The van der Waals surface area contributed by atoms with Gasteiger partial charge in [-0.3, -0.25) is 4.79 Å². The Kier molecular flexibility index (Phi) is 12.6. The third-order valence-corrected chi connectivity index (χ3v) is 7.71. The molecule has 0 unspecified atom stereocenters. The predicted molar refractivity (Wildman–Crippen MR) is 122 cm³/mol. The van der Waals surface area contributed by atoms with Crippen LogP contribution >= 0.6 is 0 Å². The normalized spacial score (nSPS) is 12.9. The number of alkyl halides is 6. The first-order valence-electron chi connectivity index (χ1n) is 10.4. The van der Waals surface area contributed by atoms with Crippen LogP contribution in [0.5, 0.6) is 0 Å². The van der Waals surface area contributed by atoms with E-state index in [2.05, 4.69) is 56.1 Å². The average Bonchev–Trinajstić information content (AvgIpc) is 2.74. The Morgan fingerprint density at radius 1 is 0.944 bits per heavy atom. The summed E-state index contributed by atoms with van der Waals surface area (Å²) in [6.07, 6.45) is 0.994. The number of benzene rings is 1. The number of hydrogen-bond donors (Lipinski definition) is 1. The summed E-state index contributed by atoms with van der Waals surface area (Å²) in [6.45, 7) is 15.0. The lowest BCUT2D eigenvalue weighted by molar-refractivity contribution is -0.937. The number of carbonyl (C=O) groups is 1. The molecule has 0 aliphatic rings. The molecule has 36 heavy (non-hydrogen) atoms. The van der Waals surface area contributed by atoms with Crippen LogP contribution in [0.2, 0.25) is 0 Å². The highest BCUT2D eigenvalue weighted by atomic mass is 32.3. The van der Waals surface area contributed by atoms with Gasteiger partial charge in [0.15, 0.2) is 20.0 Å². The number of rotatable bonds is 11. The summed E-state index contributed by atoms with van der Waals surface area (Å²) >= 11 is 0. The first kappa shape index (κ1) is 33.8. The number of nitrogens with zero attached hydrogens (tertiary/aromatic N) is 2. The molecule has 1 aromatic rings. The van der Waals surface area contributed by atoms with Crippen molar-refractivity contribution in [2.45, 2.75) is 44.8 Å². The molecule has 8 nitrogen and oxygen atoms in total. The number of amides is 1. The Hall–Kier alpha value is -2.17. The van der Waals surface area contributed by atoms with E-state index in [9.17, 15) is 48.0 Å². The van der Waals surface area contributed by atoms with Crippen LogP contribution in [0.15, 0.2) is 42.5 Å². The zero-order valence-corrected chi connectivity index (χ0v) is 21.5. The Morgan fingerprint density at radius 3 is 1.75 bits per heavy atom. The second-order valence-electron chi connectivity index (χ2n) is 7.65. The lowest BCUT2D eigenvalue weighted by Gasteiger charge is -2.37. The van der Waals surface area contributed by atoms with Crippen molar-refractivity contribution >= 4 is 26.0 Å². The van der Waals surface area contributed by atoms with E-state index < -0.39 is 31.1 Å².